The molecular formula is C19H26N2O2. The van der Waals surface area contributed by atoms with Crippen molar-refractivity contribution in [3.05, 3.63) is 41.7 Å². The highest BCUT2D eigenvalue weighted by atomic mass is 16.5. The lowest BCUT2D eigenvalue weighted by Crippen LogP contribution is -2.57. The Kier molecular flexibility index (Phi) is 4.47. The summed E-state index contributed by atoms with van der Waals surface area (Å²) in [6.07, 6.45) is 10.9. The van der Waals surface area contributed by atoms with Crippen LogP contribution in [0.3, 0.4) is 0 Å². The van der Waals surface area contributed by atoms with Crippen molar-refractivity contribution in [3.63, 3.8) is 0 Å². The van der Waals surface area contributed by atoms with E-state index in [1.54, 1.807) is 5.57 Å². The second kappa shape index (κ2) is 6.71. The van der Waals surface area contributed by atoms with Crippen molar-refractivity contribution < 1.29 is 9.47 Å². The fourth-order valence-electron chi connectivity index (χ4n) is 4.71. The van der Waals surface area contributed by atoms with Crippen LogP contribution in [0.2, 0.25) is 0 Å². The van der Waals surface area contributed by atoms with E-state index in [9.17, 15) is 0 Å². The summed E-state index contributed by atoms with van der Waals surface area (Å²) in [6, 6.07) is 4.82. The van der Waals surface area contributed by atoms with Crippen LogP contribution in [-0.2, 0) is 16.0 Å². The van der Waals surface area contributed by atoms with Gasteiger partial charge < -0.3 is 9.47 Å². The van der Waals surface area contributed by atoms with Crippen molar-refractivity contribution in [3.8, 4) is 0 Å². The van der Waals surface area contributed by atoms with Gasteiger partial charge in [0.25, 0.3) is 0 Å². The van der Waals surface area contributed by atoms with Gasteiger partial charge in [-0.2, -0.15) is 0 Å². The smallest absolute Gasteiger partial charge is 0.0650 e. The summed E-state index contributed by atoms with van der Waals surface area (Å²) in [5.74, 6) is 0. The average molecular weight is 314 g/mol. The highest BCUT2D eigenvalue weighted by Gasteiger charge is 2.48. The van der Waals surface area contributed by atoms with Crippen LogP contribution in [0.4, 0.5) is 0 Å². The minimum Gasteiger partial charge on any atom is -0.380 e. The van der Waals surface area contributed by atoms with Crippen LogP contribution in [0.25, 0.3) is 0 Å². The molecule has 4 heteroatoms. The molecule has 2 fully saturated rings. The van der Waals surface area contributed by atoms with Gasteiger partial charge in [-0.1, -0.05) is 17.7 Å². The number of hydrogen-bond donors (Lipinski definition) is 0. The molecule has 0 N–H and O–H groups in total. The molecule has 2 atom stereocenters. The first-order valence-electron chi connectivity index (χ1n) is 8.86. The zero-order valence-electron chi connectivity index (χ0n) is 13.7. The third kappa shape index (κ3) is 2.95. The molecule has 0 aliphatic carbocycles. The van der Waals surface area contributed by atoms with E-state index in [0.29, 0.717) is 6.04 Å². The van der Waals surface area contributed by atoms with Crippen molar-refractivity contribution in [1.29, 1.82) is 0 Å². The van der Waals surface area contributed by atoms with Gasteiger partial charge in [-0.3, -0.25) is 9.88 Å². The summed E-state index contributed by atoms with van der Waals surface area (Å²) in [6.45, 7) is 5.59. The Balaban J connectivity index is 1.61. The summed E-state index contributed by atoms with van der Waals surface area (Å²) in [5.41, 5.74) is 3.11. The van der Waals surface area contributed by atoms with Gasteiger partial charge in [0.2, 0.25) is 0 Å². The summed E-state index contributed by atoms with van der Waals surface area (Å²) in [4.78, 5) is 6.96. The average Bonchev–Trinajstić information content (AvgIpc) is 2.64. The molecule has 124 valence electrons. The van der Waals surface area contributed by atoms with Gasteiger partial charge in [-0.25, -0.2) is 0 Å². The lowest BCUT2D eigenvalue weighted by atomic mass is 9.65. The van der Waals surface area contributed by atoms with Crippen molar-refractivity contribution in [1.82, 2.24) is 9.88 Å². The molecule has 3 aliphatic heterocycles. The summed E-state index contributed by atoms with van der Waals surface area (Å²) >= 11 is 0. The number of hydrogen-bond acceptors (Lipinski definition) is 4. The fourth-order valence-corrected chi connectivity index (χ4v) is 4.71. The standard InChI is InChI=1S/C19H26N2O2/c1-3-16(13-20-8-1)14-21-9-2-7-19(15-23-12-6-18(19)21)17-4-10-22-11-5-17/h1,3-4,8,13,18H,2,5-7,9-12,14-15H2/t18-,19-/m0/s1. The molecule has 0 unspecified atom stereocenters. The largest absolute Gasteiger partial charge is 0.380 e. The molecule has 3 aliphatic rings. The third-order valence-electron chi connectivity index (χ3n) is 5.75. The number of piperidine rings is 1. The van der Waals surface area contributed by atoms with E-state index in [2.05, 4.69) is 22.0 Å². The molecule has 2 saturated heterocycles. The van der Waals surface area contributed by atoms with Gasteiger partial charge >= 0.3 is 0 Å². The van der Waals surface area contributed by atoms with E-state index < -0.39 is 0 Å². The molecule has 0 spiro atoms. The Labute approximate surface area is 138 Å². The molecule has 0 bridgehead atoms. The topological polar surface area (TPSA) is 34.6 Å². The minimum atomic E-state index is 0.211. The van der Waals surface area contributed by atoms with Crippen molar-refractivity contribution in [2.75, 3.05) is 33.0 Å². The maximum absolute atomic E-state index is 5.97. The van der Waals surface area contributed by atoms with E-state index in [4.69, 9.17) is 9.47 Å². The van der Waals surface area contributed by atoms with Gasteiger partial charge in [-0.05, 0) is 43.9 Å². The van der Waals surface area contributed by atoms with Gasteiger partial charge in [0.05, 0.1) is 19.8 Å². The zero-order valence-corrected chi connectivity index (χ0v) is 13.7. The molecule has 0 aromatic carbocycles. The van der Waals surface area contributed by atoms with Gasteiger partial charge in [0, 0.05) is 37.0 Å². The van der Waals surface area contributed by atoms with Crippen LogP contribution in [0.15, 0.2) is 36.2 Å². The molecule has 0 radical (unpaired) electrons. The Hall–Kier alpha value is -1.23. The van der Waals surface area contributed by atoms with Crippen molar-refractivity contribution in [2.24, 2.45) is 5.41 Å². The third-order valence-corrected chi connectivity index (χ3v) is 5.75. The normalized spacial score (nSPS) is 32.2. The lowest BCUT2D eigenvalue weighted by molar-refractivity contribution is -0.0874. The Morgan fingerprint density at radius 1 is 1.30 bits per heavy atom. The monoisotopic (exact) mass is 314 g/mol. The summed E-state index contributed by atoms with van der Waals surface area (Å²) in [5, 5.41) is 0. The predicted octanol–water partition coefficient (Wildman–Crippen LogP) is 2.80. The highest BCUT2D eigenvalue weighted by Crippen LogP contribution is 2.48. The molecule has 4 heterocycles. The van der Waals surface area contributed by atoms with Crippen molar-refractivity contribution in [2.45, 2.75) is 38.3 Å². The number of likely N-dealkylation sites (tertiary alicyclic amines) is 1. The number of aromatic nitrogens is 1. The quantitative estimate of drug-likeness (QED) is 0.804. The maximum Gasteiger partial charge on any atom is 0.0650 e. The number of ether oxygens (including phenoxy) is 2. The van der Waals surface area contributed by atoms with Crippen LogP contribution >= 0.6 is 0 Å². The molecule has 23 heavy (non-hydrogen) atoms. The second-order valence-electron chi connectivity index (χ2n) is 7.00. The van der Waals surface area contributed by atoms with Gasteiger partial charge in [-0.15, -0.1) is 0 Å². The molecule has 4 nitrogen and oxygen atoms in total. The number of fused-ring (bicyclic) bond motifs is 1. The van der Waals surface area contributed by atoms with E-state index in [-0.39, 0.29) is 5.41 Å². The van der Waals surface area contributed by atoms with Gasteiger partial charge in [0.1, 0.15) is 0 Å². The molecule has 0 saturated carbocycles. The molecule has 1 aromatic heterocycles. The fraction of sp³-hybridized carbons (Fsp3) is 0.632. The Morgan fingerprint density at radius 3 is 3.13 bits per heavy atom. The number of rotatable bonds is 3. The maximum atomic E-state index is 5.97. The first kappa shape index (κ1) is 15.3. The second-order valence-corrected chi connectivity index (χ2v) is 7.00. The van der Waals surface area contributed by atoms with Gasteiger partial charge in [0.15, 0.2) is 0 Å². The highest BCUT2D eigenvalue weighted by molar-refractivity contribution is 5.23. The van der Waals surface area contributed by atoms with Crippen molar-refractivity contribution >= 4 is 0 Å². The van der Waals surface area contributed by atoms with E-state index in [0.717, 1.165) is 45.8 Å². The zero-order chi connectivity index (χ0) is 15.5. The van der Waals surface area contributed by atoms with Crippen LogP contribution in [0, 0.1) is 5.41 Å². The van der Waals surface area contributed by atoms with Crippen LogP contribution < -0.4 is 0 Å². The summed E-state index contributed by atoms with van der Waals surface area (Å²) in [7, 11) is 0. The molecule has 0 amide bonds. The molecule has 4 rings (SSSR count). The van der Waals surface area contributed by atoms with Crippen LogP contribution in [0.5, 0.6) is 0 Å². The Morgan fingerprint density at radius 2 is 2.30 bits per heavy atom. The van der Waals surface area contributed by atoms with Crippen LogP contribution in [0.1, 0.15) is 31.2 Å². The Bertz CT molecular complexity index is 556. The first-order valence-corrected chi connectivity index (χ1v) is 8.86. The van der Waals surface area contributed by atoms with E-state index in [1.807, 2.05) is 18.5 Å². The van der Waals surface area contributed by atoms with Crippen LogP contribution in [-0.4, -0.2) is 48.9 Å². The first-order chi connectivity index (χ1) is 11.4. The van der Waals surface area contributed by atoms with E-state index >= 15 is 0 Å². The minimum absolute atomic E-state index is 0.211. The van der Waals surface area contributed by atoms with E-state index in [1.165, 1.54) is 24.9 Å². The lowest BCUT2D eigenvalue weighted by Gasteiger charge is -2.54. The SMILES string of the molecule is C1=C([C@@]23CCCN(Cc4cccnc4)[C@H]2CCOC3)CCOC1. The summed E-state index contributed by atoms with van der Waals surface area (Å²) < 4.78 is 11.5. The molecular weight excluding hydrogens is 288 g/mol. The number of pyridine rings is 1. The molecule has 1 aromatic rings. The number of nitrogens with zero attached hydrogens (tertiary/aromatic N) is 2. The predicted molar refractivity (Wildman–Crippen MR) is 89.1 cm³/mol.